The molecule has 4 aliphatic rings. The number of phenols is 1. The van der Waals surface area contributed by atoms with E-state index in [1.807, 2.05) is 0 Å². The van der Waals surface area contributed by atoms with Gasteiger partial charge < -0.3 is 24.5 Å². The molecule has 0 radical (unpaired) electrons. The zero-order valence-electron chi connectivity index (χ0n) is 31.0. The second kappa shape index (κ2) is 12.6. The molecule has 1 N–H and O–H groups in total. The van der Waals surface area contributed by atoms with Crippen molar-refractivity contribution in [1.29, 1.82) is 0 Å². The van der Waals surface area contributed by atoms with Gasteiger partial charge in [0, 0.05) is 67.7 Å². The van der Waals surface area contributed by atoms with Crippen LogP contribution in [0.4, 0.5) is 36.6 Å². The number of rotatable bonds is 8. The number of ether oxygens (including phenoxy) is 1. The third kappa shape index (κ3) is 5.89. The Morgan fingerprint density at radius 1 is 1.09 bits per heavy atom. The van der Waals surface area contributed by atoms with E-state index in [1.165, 1.54) is 22.9 Å². The first kappa shape index (κ1) is 37.2. The molecular weight excluding hydrogens is 759 g/mol. The third-order valence-electron chi connectivity index (χ3n) is 12.0. The highest BCUT2D eigenvalue weighted by molar-refractivity contribution is 6.18. The number of fused-ring (bicyclic) bond motifs is 6. The van der Waals surface area contributed by atoms with Crippen LogP contribution >= 0.6 is 0 Å². The van der Waals surface area contributed by atoms with E-state index in [2.05, 4.69) is 16.0 Å². The standard InChI is InChI=1S/C40H36F7N7O3/c1-5-23-28(41)9-6-19-10-22(55)11-25(29(19)23)30-32(42)34-31(26-15-52(4)50-33(26)30)35(49-37(48-34)57-18-38(17-51(2)3)16-39(38,43)44)53-13-20-7-8-21(14-53)54(20)36(56)24-12-27(24)40(45,46)47/h1,6,9-11,15,20-21,24,27,55H,7-8,12-14,16-18H2,2-4H3/t20?,21?,24?,27?,38-/m1/s1. The number of aromatic hydroxyl groups is 1. The molecule has 2 aromatic heterocycles. The molecule has 2 bridgehead atoms. The number of hydrogen-bond donors (Lipinski definition) is 1. The molecule has 2 saturated heterocycles. The van der Waals surface area contributed by atoms with Crippen molar-refractivity contribution < 1.29 is 45.4 Å². The lowest BCUT2D eigenvalue weighted by Gasteiger charge is -2.42. The fraction of sp³-hybridized carbons (Fsp3) is 0.450. The smallest absolute Gasteiger partial charge is 0.392 e. The molecule has 5 aromatic rings. The highest BCUT2D eigenvalue weighted by Gasteiger charge is 2.71. The molecule has 0 spiro atoms. The Bertz CT molecular complexity index is 2560. The quantitative estimate of drug-likeness (QED) is 0.138. The lowest BCUT2D eigenvalue weighted by molar-refractivity contribution is -0.158. The molecule has 4 heterocycles. The molecule has 3 aromatic carbocycles. The van der Waals surface area contributed by atoms with E-state index in [0.717, 1.165) is 6.07 Å². The van der Waals surface area contributed by atoms with Crippen molar-refractivity contribution in [3.05, 3.63) is 47.7 Å². The van der Waals surface area contributed by atoms with Crippen LogP contribution in [0.2, 0.25) is 0 Å². The van der Waals surface area contributed by atoms with Crippen molar-refractivity contribution in [3.8, 4) is 35.2 Å². The van der Waals surface area contributed by atoms with E-state index in [-0.39, 0.29) is 76.1 Å². The molecule has 1 amide bonds. The Morgan fingerprint density at radius 3 is 2.40 bits per heavy atom. The van der Waals surface area contributed by atoms with Crippen molar-refractivity contribution >= 4 is 44.3 Å². The van der Waals surface area contributed by atoms with Gasteiger partial charge in [-0.1, -0.05) is 12.0 Å². The van der Waals surface area contributed by atoms with Crippen LogP contribution in [0.1, 0.15) is 31.2 Å². The Kier molecular flexibility index (Phi) is 8.20. The number of benzene rings is 3. The number of phenolic OH excluding ortho intramolecular Hbond substituents is 1. The van der Waals surface area contributed by atoms with E-state index in [9.17, 15) is 31.9 Å². The molecule has 10 nitrogen and oxygen atoms in total. The number of carbonyl (C=O) groups excluding carboxylic acids is 1. The molecule has 2 aliphatic carbocycles. The molecular formula is C40H36F7N7O3. The molecule has 9 rings (SSSR count). The second-order valence-electron chi connectivity index (χ2n) is 16.2. The summed E-state index contributed by atoms with van der Waals surface area (Å²) in [6, 6.07) is 3.80. The number of nitrogens with zero attached hydrogens (tertiary/aromatic N) is 7. The molecule has 17 heteroatoms. The maximum absolute atomic E-state index is 17.6. The average Bonchev–Trinajstić information content (AvgIpc) is 3.97. The van der Waals surface area contributed by atoms with Gasteiger partial charge >= 0.3 is 12.2 Å². The van der Waals surface area contributed by atoms with E-state index in [1.54, 1.807) is 42.0 Å². The van der Waals surface area contributed by atoms with Gasteiger partial charge in [0.15, 0.2) is 5.82 Å². The highest BCUT2D eigenvalue weighted by Crippen LogP contribution is 2.61. The van der Waals surface area contributed by atoms with Gasteiger partial charge in [-0.05, 0) is 62.5 Å². The van der Waals surface area contributed by atoms with Crippen LogP contribution in [0.15, 0.2) is 30.5 Å². The maximum Gasteiger partial charge on any atom is 0.392 e. The minimum Gasteiger partial charge on any atom is -0.508 e. The van der Waals surface area contributed by atoms with Crippen LogP contribution in [0.3, 0.4) is 0 Å². The zero-order chi connectivity index (χ0) is 40.5. The molecule has 2 saturated carbocycles. The number of carbonyl (C=O) groups is 1. The van der Waals surface area contributed by atoms with Gasteiger partial charge in [0.1, 0.15) is 35.0 Å². The number of halogens is 7. The lowest BCUT2D eigenvalue weighted by atomic mass is 9.91. The normalized spacial score (nSPS) is 25.2. The number of anilines is 1. The predicted molar refractivity (Wildman–Crippen MR) is 196 cm³/mol. The summed E-state index contributed by atoms with van der Waals surface area (Å²) in [5, 5.41) is 16.4. The molecule has 4 unspecified atom stereocenters. The fourth-order valence-electron chi connectivity index (χ4n) is 9.24. The number of amides is 1. The lowest BCUT2D eigenvalue weighted by Crippen LogP contribution is -2.56. The van der Waals surface area contributed by atoms with Gasteiger partial charge in [0.25, 0.3) is 5.92 Å². The van der Waals surface area contributed by atoms with Crippen LogP contribution in [-0.4, -0.2) is 105 Å². The number of piperazine rings is 1. The topological polar surface area (TPSA) is 99.9 Å². The highest BCUT2D eigenvalue weighted by atomic mass is 19.4. The number of hydrogen-bond acceptors (Lipinski definition) is 8. The second-order valence-corrected chi connectivity index (χ2v) is 16.2. The number of aryl methyl sites for hydroxylation is 1. The van der Waals surface area contributed by atoms with Crippen molar-refractivity contribution in [2.45, 2.75) is 49.9 Å². The van der Waals surface area contributed by atoms with Gasteiger partial charge in [0.2, 0.25) is 5.91 Å². The minimum atomic E-state index is -4.47. The van der Waals surface area contributed by atoms with Crippen molar-refractivity contribution in [2.24, 2.45) is 24.3 Å². The molecule has 57 heavy (non-hydrogen) atoms. The fourth-order valence-corrected chi connectivity index (χ4v) is 9.24. The Hall–Kier alpha value is -5.37. The third-order valence-corrected chi connectivity index (χ3v) is 12.0. The van der Waals surface area contributed by atoms with Crippen LogP contribution in [-0.2, 0) is 11.8 Å². The molecule has 2 aliphatic heterocycles. The molecule has 298 valence electrons. The van der Waals surface area contributed by atoms with Crippen LogP contribution in [0.5, 0.6) is 11.8 Å². The summed E-state index contributed by atoms with van der Waals surface area (Å²) < 4.78 is 110. The van der Waals surface area contributed by atoms with Crippen molar-refractivity contribution in [2.75, 3.05) is 45.2 Å². The number of aromatic nitrogens is 4. The summed E-state index contributed by atoms with van der Waals surface area (Å²) in [6.45, 7) is -0.243. The number of terminal acetylenes is 1. The van der Waals surface area contributed by atoms with E-state index in [0.29, 0.717) is 23.6 Å². The largest absolute Gasteiger partial charge is 0.508 e. The summed E-state index contributed by atoms with van der Waals surface area (Å²) in [5.41, 5.74) is -2.08. The van der Waals surface area contributed by atoms with Gasteiger partial charge in [-0.2, -0.15) is 28.2 Å². The van der Waals surface area contributed by atoms with Crippen molar-refractivity contribution in [1.82, 2.24) is 29.5 Å². The Labute approximate surface area is 321 Å². The van der Waals surface area contributed by atoms with Crippen LogP contribution < -0.4 is 9.64 Å². The summed E-state index contributed by atoms with van der Waals surface area (Å²) in [6.07, 6.45) is 3.24. The predicted octanol–water partition coefficient (Wildman–Crippen LogP) is 6.65. The monoisotopic (exact) mass is 795 g/mol. The Balaban J connectivity index is 1.22. The Morgan fingerprint density at radius 2 is 1.79 bits per heavy atom. The van der Waals surface area contributed by atoms with E-state index < -0.39 is 78.0 Å². The van der Waals surface area contributed by atoms with E-state index in [4.69, 9.17) is 16.1 Å². The summed E-state index contributed by atoms with van der Waals surface area (Å²) in [7, 11) is 4.92. The number of alkyl halides is 5. The first-order valence-corrected chi connectivity index (χ1v) is 18.5. The average molecular weight is 796 g/mol. The van der Waals surface area contributed by atoms with Gasteiger partial charge in [-0.25, -0.2) is 17.6 Å². The van der Waals surface area contributed by atoms with E-state index >= 15 is 8.78 Å². The minimum absolute atomic E-state index is 0.0105. The van der Waals surface area contributed by atoms with Crippen LogP contribution in [0.25, 0.3) is 43.7 Å². The van der Waals surface area contributed by atoms with Gasteiger partial charge in [-0.15, -0.1) is 6.42 Å². The SMILES string of the molecule is C#Cc1c(F)ccc2cc(O)cc(-c3c(F)c4nc(OC[C@]5(CN(C)C)CC5(F)F)nc(N5CC6CCC(C5)N6C(=O)C5CC5C(F)(F)F)c4c4cn(C)nc34)c12. The van der Waals surface area contributed by atoms with Gasteiger partial charge in [0.05, 0.1) is 28.2 Å². The van der Waals surface area contributed by atoms with Crippen molar-refractivity contribution in [3.63, 3.8) is 0 Å². The maximum atomic E-state index is 17.6. The first-order chi connectivity index (χ1) is 26.9. The molecule has 4 fully saturated rings. The first-order valence-electron chi connectivity index (χ1n) is 18.5. The van der Waals surface area contributed by atoms with Crippen LogP contribution in [0, 0.1) is 41.2 Å². The summed E-state index contributed by atoms with van der Waals surface area (Å²) >= 11 is 0. The van der Waals surface area contributed by atoms with Gasteiger partial charge in [-0.3, -0.25) is 9.48 Å². The zero-order valence-corrected chi connectivity index (χ0v) is 31.0. The summed E-state index contributed by atoms with van der Waals surface area (Å²) in [5.74, 6) is -5.86. The molecule has 5 atom stereocenters. The summed E-state index contributed by atoms with van der Waals surface area (Å²) in [4.78, 5) is 27.6.